The second-order valence-electron chi connectivity index (χ2n) is 6.84. The van der Waals surface area contributed by atoms with Crippen LogP contribution in [0.2, 0.25) is 0 Å². The maximum atomic E-state index is 13.0. The van der Waals surface area contributed by atoms with Crippen molar-refractivity contribution in [2.75, 3.05) is 25.1 Å². The predicted octanol–water partition coefficient (Wildman–Crippen LogP) is 2.45. The quantitative estimate of drug-likeness (QED) is 0.788. The zero-order chi connectivity index (χ0) is 21.5. The third-order valence-corrected chi connectivity index (χ3v) is 4.95. The molecule has 1 aliphatic rings. The Labute approximate surface area is 165 Å². The van der Waals surface area contributed by atoms with E-state index >= 15 is 0 Å². The fourth-order valence-corrected chi connectivity index (χ4v) is 3.76. The van der Waals surface area contributed by atoms with E-state index in [0.29, 0.717) is 34.6 Å². The third kappa shape index (κ3) is 3.77. The normalized spacial score (nSPS) is 17.0. The summed E-state index contributed by atoms with van der Waals surface area (Å²) in [5.41, 5.74) is 2.44. The zero-order valence-electron chi connectivity index (χ0n) is 16.2. The minimum atomic E-state index is -4.81. The maximum Gasteiger partial charge on any atom is 0.573 e. The number of aromatic nitrogens is 1. The Hall–Kier alpha value is -2.72. The molecule has 1 unspecified atom stereocenters. The highest BCUT2D eigenvalue weighted by Gasteiger charge is 2.39. The molecular weight excluding hydrogens is 391 g/mol. The van der Waals surface area contributed by atoms with Crippen molar-refractivity contribution in [3.63, 3.8) is 0 Å². The maximum absolute atomic E-state index is 13.0. The van der Waals surface area contributed by atoms with Crippen molar-refractivity contribution in [3.05, 3.63) is 35.5 Å². The molecule has 1 aromatic heterocycles. The Morgan fingerprint density at radius 1 is 1.21 bits per heavy atom. The van der Waals surface area contributed by atoms with Gasteiger partial charge in [0.15, 0.2) is 0 Å². The molecule has 0 spiro atoms. The highest BCUT2D eigenvalue weighted by molar-refractivity contribution is 6.03. The largest absolute Gasteiger partial charge is 0.573 e. The topological polar surface area (TPSA) is 78.2 Å². The monoisotopic (exact) mass is 413 g/mol. The SMILES string of the molecule is Cc1c2c(n(C)c1-c1cccc(OC(F)(F)F)c1)C(=O)N(CCCO)C(O)N2C. The van der Waals surface area contributed by atoms with Crippen LogP contribution in [0.15, 0.2) is 24.3 Å². The summed E-state index contributed by atoms with van der Waals surface area (Å²) in [6.45, 7) is 1.77. The van der Waals surface area contributed by atoms with Crippen LogP contribution < -0.4 is 9.64 Å². The van der Waals surface area contributed by atoms with E-state index in [4.69, 9.17) is 5.11 Å². The van der Waals surface area contributed by atoms with Crippen LogP contribution >= 0.6 is 0 Å². The van der Waals surface area contributed by atoms with E-state index in [1.54, 1.807) is 31.7 Å². The number of nitrogens with zero attached hydrogens (tertiary/aromatic N) is 3. The van der Waals surface area contributed by atoms with Gasteiger partial charge < -0.3 is 24.4 Å². The zero-order valence-corrected chi connectivity index (χ0v) is 16.2. The summed E-state index contributed by atoms with van der Waals surface area (Å²) in [6, 6.07) is 5.52. The smallest absolute Gasteiger partial charge is 0.406 e. The van der Waals surface area contributed by atoms with Gasteiger partial charge in [-0.15, -0.1) is 13.2 Å². The van der Waals surface area contributed by atoms with Crippen LogP contribution in [0, 0.1) is 6.92 Å². The van der Waals surface area contributed by atoms with Crippen LogP contribution in [-0.4, -0.2) is 58.5 Å². The number of aliphatic hydroxyl groups is 2. The summed E-state index contributed by atoms with van der Waals surface area (Å²) >= 11 is 0. The Morgan fingerprint density at radius 3 is 2.52 bits per heavy atom. The summed E-state index contributed by atoms with van der Waals surface area (Å²) in [4.78, 5) is 15.8. The number of carbonyl (C=O) groups excluding carboxylic acids is 1. The number of benzene rings is 1. The van der Waals surface area contributed by atoms with Crippen molar-refractivity contribution >= 4 is 11.6 Å². The number of aliphatic hydroxyl groups excluding tert-OH is 2. The molecule has 3 rings (SSSR count). The number of fused-ring (bicyclic) bond motifs is 1. The van der Waals surface area contributed by atoms with Gasteiger partial charge in [0.1, 0.15) is 11.4 Å². The van der Waals surface area contributed by atoms with Gasteiger partial charge in [0.2, 0.25) is 6.35 Å². The highest BCUT2D eigenvalue weighted by atomic mass is 19.4. The average molecular weight is 413 g/mol. The number of anilines is 1. The summed E-state index contributed by atoms with van der Waals surface area (Å²) in [6.07, 6.45) is -5.72. The lowest BCUT2D eigenvalue weighted by molar-refractivity contribution is -0.274. The molecule has 158 valence electrons. The molecule has 0 aliphatic carbocycles. The number of ether oxygens (including phenoxy) is 1. The van der Waals surface area contributed by atoms with Gasteiger partial charge in [0.25, 0.3) is 5.91 Å². The first-order chi connectivity index (χ1) is 13.6. The molecule has 0 radical (unpaired) electrons. The number of hydrogen-bond acceptors (Lipinski definition) is 5. The van der Waals surface area contributed by atoms with Gasteiger partial charge in [-0.25, -0.2) is 0 Å². The van der Waals surface area contributed by atoms with Crippen molar-refractivity contribution < 1.29 is 32.9 Å². The number of halogens is 3. The van der Waals surface area contributed by atoms with E-state index in [1.807, 2.05) is 0 Å². The molecule has 0 saturated heterocycles. The Kier molecular flexibility index (Phi) is 5.50. The van der Waals surface area contributed by atoms with Crippen molar-refractivity contribution in [3.8, 4) is 17.0 Å². The molecule has 29 heavy (non-hydrogen) atoms. The van der Waals surface area contributed by atoms with Crippen molar-refractivity contribution in [2.45, 2.75) is 26.1 Å². The van der Waals surface area contributed by atoms with E-state index in [2.05, 4.69) is 4.74 Å². The summed E-state index contributed by atoms with van der Waals surface area (Å²) in [5.74, 6) is -0.781. The first kappa shape index (κ1) is 21.0. The molecule has 1 amide bonds. The lowest BCUT2D eigenvalue weighted by Crippen LogP contribution is -2.54. The van der Waals surface area contributed by atoms with Gasteiger partial charge in [0.05, 0.1) is 11.4 Å². The number of carbonyl (C=O) groups is 1. The molecule has 1 atom stereocenters. The molecule has 2 aromatic rings. The Balaban J connectivity index is 2.10. The lowest BCUT2D eigenvalue weighted by atomic mass is 10.1. The molecule has 10 heteroatoms. The van der Waals surface area contributed by atoms with Crippen molar-refractivity contribution in [2.24, 2.45) is 7.05 Å². The minimum Gasteiger partial charge on any atom is -0.406 e. The van der Waals surface area contributed by atoms with Gasteiger partial charge in [-0.2, -0.15) is 0 Å². The lowest BCUT2D eigenvalue weighted by Gasteiger charge is -2.39. The standard InChI is InChI=1S/C19H22F3N3O4/c1-11-14(12-6-4-7-13(10-12)29-19(20,21)22)23(2)16-15(11)24(3)18(28)25(17(16)27)8-5-9-26/h4,6-7,10,18,26,28H,5,8-9H2,1-3H3. The van der Waals surface area contributed by atoms with E-state index in [9.17, 15) is 23.1 Å². The second kappa shape index (κ2) is 7.60. The molecule has 2 N–H and O–H groups in total. The molecular formula is C19H22F3N3O4. The fraction of sp³-hybridized carbons (Fsp3) is 0.421. The number of hydrogen-bond donors (Lipinski definition) is 2. The van der Waals surface area contributed by atoms with Crippen LogP contribution in [0.4, 0.5) is 18.9 Å². The number of alkyl halides is 3. The van der Waals surface area contributed by atoms with Gasteiger partial charge >= 0.3 is 6.36 Å². The van der Waals surface area contributed by atoms with E-state index < -0.39 is 18.6 Å². The minimum absolute atomic E-state index is 0.128. The Morgan fingerprint density at radius 2 is 1.90 bits per heavy atom. The molecule has 1 aliphatic heterocycles. The van der Waals surface area contributed by atoms with Gasteiger partial charge in [-0.3, -0.25) is 9.69 Å². The predicted molar refractivity (Wildman–Crippen MR) is 99.4 cm³/mol. The number of amides is 1. The third-order valence-electron chi connectivity index (χ3n) is 4.95. The highest BCUT2D eigenvalue weighted by Crippen LogP contribution is 2.41. The second-order valence-corrected chi connectivity index (χ2v) is 6.84. The van der Waals surface area contributed by atoms with Crippen molar-refractivity contribution in [1.29, 1.82) is 0 Å². The molecule has 0 bridgehead atoms. The van der Waals surface area contributed by atoms with Crippen molar-refractivity contribution in [1.82, 2.24) is 9.47 Å². The first-order valence-corrected chi connectivity index (χ1v) is 8.95. The molecule has 7 nitrogen and oxygen atoms in total. The van der Waals surface area contributed by atoms with Crippen LogP contribution in [0.1, 0.15) is 22.5 Å². The van der Waals surface area contributed by atoms with Gasteiger partial charge in [-0.1, -0.05) is 12.1 Å². The summed E-state index contributed by atoms with van der Waals surface area (Å²) < 4.78 is 43.4. The van der Waals surface area contributed by atoms with E-state index in [0.717, 1.165) is 0 Å². The first-order valence-electron chi connectivity index (χ1n) is 8.95. The summed E-state index contributed by atoms with van der Waals surface area (Å²) in [5, 5.41) is 19.6. The molecule has 2 heterocycles. The van der Waals surface area contributed by atoms with Gasteiger partial charge in [0, 0.05) is 32.8 Å². The van der Waals surface area contributed by atoms with Crippen LogP contribution in [-0.2, 0) is 7.05 Å². The van der Waals surface area contributed by atoms with Crippen LogP contribution in [0.5, 0.6) is 5.75 Å². The average Bonchev–Trinajstić information content (AvgIpc) is 2.89. The molecule has 0 saturated carbocycles. The van der Waals surface area contributed by atoms with E-state index in [-0.39, 0.29) is 18.9 Å². The fourth-order valence-electron chi connectivity index (χ4n) is 3.76. The Bertz CT molecular complexity index is 926. The van der Waals surface area contributed by atoms with Crippen LogP contribution in [0.3, 0.4) is 0 Å². The van der Waals surface area contributed by atoms with E-state index in [1.165, 1.54) is 28.0 Å². The van der Waals surface area contributed by atoms with Crippen LogP contribution in [0.25, 0.3) is 11.3 Å². The summed E-state index contributed by atoms with van der Waals surface area (Å²) in [7, 11) is 3.27. The molecule has 1 aromatic carbocycles. The molecule has 0 fully saturated rings. The number of rotatable bonds is 5. The van der Waals surface area contributed by atoms with Gasteiger partial charge in [-0.05, 0) is 31.0 Å².